The highest BCUT2D eigenvalue weighted by Crippen LogP contribution is 2.48. The van der Waals surface area contributed by atoms with E-state index in [0.29, 0.717) is 19.4 Å². The Morgan fingerprint density at radius 1 is 1.04 bits per heavy atom. The van der Waals surface area contributed by atoms with Crippen molar-refractivity contribution in [3.63, 3.8) is 0 Å². The van der Waals surface area contributed by atoms with Gasteiger partial charge in [0.2, 0.25) is 0 Å². The van der Waals surface area contributed by atoms with Gasteiger partial charge in [-0.05, 0) is 58.6 Å². The number of amides is 1. The molecule has 2 aliphatic rings. The van der Waals surface area contributed by atoms with Crippen LogP contribution in [0.1, 0.15) is 88.0 Å². The minimum atomic E-state index is -2.98. The van der Waals surface area contributed by atoms with Gasteiger partial charge in [-0.3, -0.25) is 14.6 Å². The van der Waals surface area contributed by atoms with E-state index in [1.165, 1.54) is 7.11 Å². The van der Waals surface area contributed by atoms with Gasteiger partial charge < -0.3 is 23.7 Å². The number of hydrogen-bond donors (Lipinski definition) is 0. The number of unbranched alkanes of at least 4 members (excludes halogenated alkanes) is 1. The predicted molar refractivity (Wildman–Crippen MR) is 181 cm³/mol. The maximum Gasteiger partial charge on any atom is 0.410 e. The van der Waals surface area contributed by atoms with Gasteiger partial charge in [-0.2, -0.15) is 0 Å². The molecule has 0 N–H and O–H groups in total. The van der Waals surface area contributed by atoms with Gasteiger partial charge in [-0.1, -0.05) is 41.5 Å². The lowest BCUT2D eigenvalue weighted by molar-refractivity contribution is -0.184. The van der Waals surface area contributed by atoms with Gasteiger partial charge in [0.15, 0.2) is 11.4 Å². The molecule has 2 aliphatic heterocycles. The predicted octanol–water partition coefficient (Wildman–Crippen LogP) is 6.24. The number of alkyl halides is 1. The third-order valence-corrected chi connectivity index (χ3v) is 11.6. The van der Waals surface area contributed by atoms with Gasteiger partial charge in [0.1, 0.15) is 11.9 Å². The summed E-state index contributed by atoms with van der Waals surface area (Å²) < 4.78 is 36.1. The van der Waals surface area contributed by atoms with Crippen molar-refractivity contribution in [1.82, 2.24) is 19.4 Å². The molecular weight excluding hydrogens is 631 g/mol. The first-order valence-corrected chi connectivity index (χ1v) is 17.3. The molecule has 0 unspecified atom stereocenters. The second-order valence-electron chi connectivity index (χ2n) is 15.0. The molecule has 2 fully saturated rings. The number of aryl methyl sites for hydroxylation is 1. The lowest BCUT2D eigenvalue weighted by Crippen LogP contribution is -2.60. The largest absolute Gasteiger partial charge is 0.455 e. The summed E-state index contributed by atoms with van der Waals surface area (Å²) in [5.74, 6) is -4.68. The Bertz CT molecular complexity index is 1530. The van der Waals surface area contributed by atoms with Crippen LogP contribution in [-0.4, -0.2) is 85.7 Å². The van der Waals surface area contributed by atoms with Crippen LogP contribution in [-0.2, 0) is 35.1 Å². The Labute approximate surface area is 289 Å². The standard InChI is InChI=1S/C37H53FN4O7/c1-11-28-37(9)30(42(33(46)49-37)18-13-12-17-41-21-27(40-22-41)26-15-14-16-39-20-26)24(3)29(43)23(2)19-35(7,47-10)34(5,6)25(4)31(44)36(8,38)32(45)48-28/h14-16,20-25,28,30H,11-13,17-19H2,1-10H3/t23-,24+,25+,28-,30-,35-,36+,37-/m1/s1. The topological polar surface area (TPSA) is 130 Å². The number of carbonyl (C=O) groups excluding carboxylic acids is 4. The van der Waals surface area contributed by atoms with Crippen LogP contribution in [0.15, 0.2) is 37.1 Å². The highest BCUT2D eigenvalue weighted by atomic mass is 19.1. The van der Waals surface area contributed by atoms with Crippen LogP contribution in [0.4, 0.5) is 9.18 Å². The number of halogens is 1. The molecule has 2 aromatic heterocycles. The molecule has 0 aromatic carbocycles. The van der Waals surface area contributed by atoms with Crippen LogP contribution in [0.25, 0.3) is 11.3 Å². The van der Waals surface area contributed by atoms with Crippen LogP contribution >= 0.6 is 0 Å². The number of ketones is 2. The van der Waals surface area contributed by atoms with Crippen molar-refractivity contribution in [2.24, 2.45) is 23.2 Å². The second kappa shape index (κ2) is 14.3. The van der Waals surface area contributed by atoms with Gasteiger partial charge >= 0.3 is 12.1 Å². The Balaban J connectivity index is 1.65. The van der Waals surface area contributed by atoms with Crippen LogP contribution in [0.2, 0.25) is 0 Å². The molecular formula is C37H53FN4O7. The smallest absolute Gasteiger partial charge is 0.410 e. The number of methoxy groups -OCH3 is 1. The first-order chi connectivity index (χ1) is 22.9. The average Bonchev–Trinajstić information content (AvgIpc) is 3.65. The number of hydrogen-bond acceptors (Lipinski definition) is 9. The molecule has 2 aromatic rings. The minimum absolute atomic E-state index is 0.118. The van der Waals surface area contributed by atoms with E-state index in [4.69, 9.17) is 14.2 Å². The van der Waals surface area contributed by atoms with E-state index in [2.05, 4.69) is 9.97 Å². The van der Waals surface area contributed by atoms with E-state index in [1.54, 1.807) is 72.1 Å². The van der Waals surface area contributed by atoms with Crippen molar-refractivity contribution in [2.45, 2.75) is 124 Å². The number of fused-ring (bicyclic) bond motifs is 1. The maximum absolute atomic E-state index is 16.3. The Hall–Kier alpha value is -3.67. The molecule has 0 bridgehead atoms. The van der Waals surface area contributed by atoms with Crippen molar-refractivity contribution in [2.75, 3.05) is 13.7 Å². The highest BCUT2D eigenvalue weighted by Gasteiger charge is 2.62. The highest BCUT2D eigenvalue weighted by molar-refractivity contribution is 6.08. The Morgan fingerprint density at radius 2 is 1.71 bits per heavy atom. The van der Waals surface area contributed by atoms with E-state index in [0.717, 1.165) is 18.2 Å². The van der Waals surface area contributed by atoms with Crippen LogP contribution < -0.4 is 0 Å². The zero-order chi connectivity index (χ0) is 36.5. The summed E-state index contributed by atoms with van der Waals surface area (Å²) in [4.78, 5) is 65.3. The number of aromatic nitrogens is 3. The molecule has 12 heteroatoms. The van der Waals surface area contributed by atoms with E-state index >= 15 is 4.39 Å². The Kier molecular flexibility index (Phi) is 11.1. The number of rotatable bonds is 8. The fourth-order valence-electron chi connectivity index (χ4n) is 7.74. The first kappa shape index (κ1) is 38.1. The van der Waals surface area contributed by atoms with Crippen LogP contribution in [0.3, 0.4) is 0 Å². The van der Waals surface area contributed by atoms with Gasteiger partial charge in [0.25, 0.3) is 5.67 Å². The van der Waals surface area contributed by atoms with E-state index in [-0.39, 0.29) is 25.2 Å². The molecule has 11 nitrogen and oxygen atoms in total. The molecule has 1 amide bonds. The molecule has 4 heterocycles. The lowest BCUT2D eigenvalue weighted by atomic mass is 9.61. The van der Waals surface area contributed by atoms with Gasteiger partial charge in [0.05, 0.1) is 23.7 Å². The maximum atomic E-state index is 16.3. The fourth-order valence-corrected chi connectivity index (χ4v) is 7.74. The summed E-state index contributed by atoms with van der Waals surface area (Å²) in [6, 6.07) is 2.96. The number of cyclic esters (lactones) is 1. The van der Waals surface area contributed by atoms with Crippen LogP contribution in [0, 0.1) is 23.2 Å². The number of carbonyl (C=O) groups is 4. The fraction of sp³-hybridized carbons (Fsp3) is 0.676. The molecule has 49 heavy (non-hydrogen) atoms. The molecule has 0 radical (unpaired) electrons. The second-order valence-corrected chi connectivity index (χ2v) is 15.0. The number of Topliss-reactive ketones (excluding diaryl/α,β-unsaturated/α-hetero) is 2. The molecule has 2 saturated heterocycles. The molecule has 8 atom stereocenters. The van der Waals surface area contributed by atoms with E-state index < -0.39 is 70.0 Å². The summed E-state index contributed by atoms with van der Waals surface area (Å²) in [6.07, 6.45) is 7.05. The third-order valence-electron chi connectivity index (χ3n) is 11.6. The van der Waals surface area contributed by atoms with Crippen LogP contribution in [0.5, 0.6) is 0 Å². The van der Waals surface area contributed by atoms with Crippen molar-refractivity contribution in [3.05, 3.63) is 37.1 Å². The average molecular weight is 685 g/mol. The number of pyridine rings is 1. The number of nitrogens with zero attached hydrogens (tertiary/aromatic N) is 4. The summed E-state index contributed by atoms with van der Waals surface area (Å²) >= 11 is 0. The van der Waals surface area contributed by atoms with Crippen molar-refractivity contribution in [3.8, 4) is 11.3 Å². The number of imidazole rings is 1. The van der Waals surface area contributed by atoms with Crippen molar-refractivity contribution >= 4 is 23.6 Å². The molecule has 0 spiro atoms. The third kappa shape index (κ3) is 7.03. The van der Waals surface area contributed by atoms with Gasteiger partial charge in [-0.25, -0.2) is 19.0 Å². The zero-order valence-electron chi connectivity index (χ0n) is 30.6. The monoisotopic (exact) mass is 684 g/mol. The quantitative estimate of drug-likeness (QED) is 0.180. The van der Waals surface area contributed by atoms with Gasteiger partial charge in [-0.15, -0.1) is 0 Å². The molecule has 0 aliphatic carbocycles. The molecule has 0 saturated carbocycles. The molecule has 270 valence electrons. The normalized spacial score (nSPS) is 34.3. The number of ether oxygens (including phenoxy) is 3. The SMILES string of the molecule is CC[C@H]1OC(=O)[C@@](C)(F)C(=O)[C@H](C)C(C)(C)[C@](C)(OC)C[C@@H](C)C(=O)[C@H](C)[C@H]2N(CCCCn3cnc(-c4cccnc4)c3)C(=O)O[C@]12C. The van der Waals surface area contributed by atoms with Crippen molar-refractivity contribution in [1.29, 1.82) is 0 Å². The first-order valence-electron chi connectivity index (χ1n) is 17.3. The number of esters is 1. The van der Waals surface area contributed by atoms with E-state index in [9.17, 15) is 19.2 Å². The zero-order valence-corrected chi connectivity index (χ0v) is 30.6. The summed E-state index contributed by atoms with van der Waals surface area (Å²) in [5, 5.41) is 0. The van der Waals surface area contributed by atoms with Crippen molar-refractivity contribution < 1.29 is 37.8 Å². The Morgan fingerprint density at radius 3 is 2.33 bits per heavy atom. The lowest BCUT2D eigenvalue weighted by Gasteiger charge is -2.49. The summed E-state index contributed by atoms with van der Waals surface area (Å²) in [6.45, 7) is 15.7. The minimum Gasteiger partial charge on any atom is -0.455 e. The molecule has 4 rings (SSSR count). The van der Waals surface area contributed by atoms with E-state index in [1.807, 2.05) is 29.8 Å². The summed E-state index contributed by atoms with van der Waals surface area (Å²) in [7, 11) is 1.50. The van der Waals surface area contributed by atoms with Gasteiger partial charge in [0, 0.05) is 67.5 Å². The summed E-state index contributed by atoms with van der Waals surface area (Å²) in [5.41, 5.74) is -4.80.